The summed E-state index contributed by atoms with van der Waals surface area (Å²) in [6.45, 7) is 0.297. The zero-order valence-corrected chi connectivity index (χ0v) is 10.3. The van der Waals surface area contributed by atoms with Crippen molar-refractivity contribution >= 4 is 23.4 Å². The molecule has 1 unspecified atom stereocenters. The third kappa shape index (κ3) is 2.97. The lowest BCUT2D eigenvalue weighted by atomic mass is 9.97. The van der Waals surface area contributed by atoms with E-state index in [2.05, 4.69) is 10.6 Å². The van der Waals surface area contributed by atoms with Crippen molar-refractivity contribution in [3.63, 3.8) is 0 Å². The maximum absolute atomic E-state index is 12.0. The Morgan fingerprint density at radius 3 is 2.79 bits per heavy atom. The number of nitrogens with two attached hydrogens (primary N) is 1. The molecule has 0 aromatic heterocycles. The minimum absolute atomic E-state index is 0.183. The number of imide groups is 1. The topological polar surface area (TPSA) is 101 Å². The van der Waals surface area contributed by atoms with Crippen molar-refractivity contribution in [3.05, 3.63) is 29.8 Å². The first-order valence-electron chi connectivity index (χ1n) is 6.04. The second-order valence-electron chi connectivity index (χ2n) is 4.35. The summed E-state index contributed by atoms with van der Waals surface area (Å²) in [4.78, 5) is 34.6. The first-order chi connectivity index (χ1) is 9.11. The highest BCUT2D eigenvalue weighted by Crippen LogP contribution is 2.18. The SMILES string of the molecule is NCc1ccccc1NC(=O)C1CCC(=O)NC1=O. The molecular weight excluding hydrogens is 246 g/mol. The Morgan fingerprint density at radius 2 is 2.11 bits per heavy atom. The second-order valence-corrected chi connectivity index (χ2v) is 4.35. The molecule has 1 aliphatic rings. The van der Waals surface area contributed by atoms with Gasteiger partial charge in [0.25, 0.3) is 0 Å². The molecule has 1 heterocycles. The molecule has 1 saturated heterocycles. The average molecular weight is 261 g/mol. The van der Waals surface area contributed by atoms with Crippen LogP contribution < -0.4 is 16.4 Å². The summed E-state index contributed by atoms with van der Waals surface area (Å²) < 4.78 is 0. The molecular formula is C13H15N3O3. The summed E-state index contributed by atoms with van der Waals surface area (Å²) in [6.07, 6.45) is 0.420. The molecule has 0 spiro atoms. The third-order valence-corrected chi connectivity index (χ3v) is 3.05. The van der Waals surface area contributed by atoms with E-state index < -0.39 is 17.7 Å². The van der Waals surface area contributed by atoms with E-state index in [-0.39, 0.29) is 18.7 Å². The monoisotopic (exact) mass is 261 g/mol. The van der Waals surface area contributed by atoms with E-state index in [9.17, 15) is 14.4 Å². The molecule has 1 aromatic carbocycles. The molecule has 100 valence electrons. The van der Waals surface area contributed by atoms with Crippen LogP contribution in [0.2, 0.25) is 0 Å². The predicted octanol–water partition coefficient (Wildman–Crippen LogP) is 0.137. The second kappa shape index (κ2) is 5.62. The Labute approximate surface area is 110 Å². The lowest BCUT2D eigenvalue weighted by Crippen LogP contribution is -2.45. The largest absolute Gasteiger partial charge is 0.326 e. The quantitative estimate of drug-likeness (QED) is 0.532. The Balaban J connectivity index is 2.09. The number of benzene rings is 1. The van der Waals surface area contributed by atoms with Crippen molar-refractivity contribution in [2.75, 3.05) is 5.32 Å². The number of carbonyl (C=O) groups excluding carboxylic acids is 3. The van der Waals surface area contributed by atoms with Crippen LogP contribution in [0, 0.1) is 5.92 Å². The molecule has 1 aliphatic heterocycles. The number of hydrogen-bond acceptors (Lipinski definition) is 4. The van der Waals surface area contributed by atoms with Crippen LogP contribution in [0.1, 0.15) is 18.4 Å². The maximum atomic E-state index is 12.0. The summed E-state index contributed by atoms with van der Waals surface area (Å²) >= 11 is 0. The van der Waals surface area contributed by atoms with Crippen LogP contribution in [0.25, 0.3) is 0 Å². The van der Waals surface area contributed by atoms with Crippen molar-refractivity contribution in [2.24, 2.45) is 11.7 Å². The highest BCUT2D eigenvalue weighted by molar-refractivity contribution is 6.12. The summed E-state index contributed by atoms with van der Waals surface area (Å²) in [5.41, 5.74) is 6.97. The smallest absolute Gasteiger partial charge is 0.239 e. The van der Waals surface area contributed by atoms with Crippen LogP contribution in [0.15, 0.2) is 24.3 Å². The number of carbonyl (C=O) groups is 3. The van der Waals surface area contributed by atoms with Gasteiger partial charge in [-0.05, 0) is 18.1 Å². The number of amides is 3. The van der Waals surface area contributed by atoms with Crippen LogP contribution in [0.4, 0.5) is 5.69 Å². The molecule has 4 N–H and O–H groups in total. The van der Waals surface area contributed by atoms with Gasteiger partial charge in [-0.15, -0.1) is 0 Å². The van der Waals surface area contributed by atoms with Gasteiger partial charge >= 0.3 is 0 Å². The van der Waals surface area contributed by atoms with Crippen molar-refractivity contribution in [1.82, 2.24) is 5.32 Å². The van der Waals surface area contributed by atoms with E-state index >= 15 is 0 Å². The Bertz CT molecular complexity index is 528. The van der Waals surface area contributed by atoms with E-state index in [1.165, 1.54) is 0 Å². The molecule has 3 amide bonds. The third-order valence-electron chi connectivity index (χ3n) is 3.05. The highest BCUT2D eigenvalue weighted by Gasteiger charge is 2.32. The Hall–Kier alpha value is -2.21. The molecule has 1 fully saturated rings. The van der Waals surface area contributed by atoms with Crippen LogP contribution in [-0.2, 0) is 20.9 Å². The molecule has 0 radical (unpaired) electrons. The van der Waals surface area contributed by atoms with Gasteiger partial charge in [-0.2, -0.15) is 0 Å². The summed E-state index contributed by atoms with van der Waals surface area (Å²) in [6, 6.07) is 7.13. The molecule has 1 aromatic rings. The number of rotatable bonds is 3. The molecule has 2 rings (SSSR count). The van der Waals surface area contributed by atoms with E-state index in [1.807, 2.05) is 6.07 Å². The molecule has 6 nitrogen and oxygen atoms in total. The van der Waals surface area contributed by atoms with Crippen molar-refractivity contribution in [3.8, 4) is 0 Å². The lowest BCUT2D eigenvalue weighted by molar-refractivity contribution is -0.139. The molecule has 0 aliphatic carbocycles. The predicted molar refractivity (Wildman–Crippen MR) is 68.8 cm³/mol. The zero-order chi connectivity index (χ0) is 13.8. The van der Waals surface area contributed by atoms with Gasteiger partial charge in [-0.3, -0.25) is 19.7 Å². The minimum atomic E-state index is -0.830. The van der Waals surface area contributed by atoms with Gasteiger partial charge in [0, 0.05) is 18.7 Å². The molecule has 0 saturated carbocycles. The van der Waals surface area contributed by atoms with Gasteiger partial charge in [-0.1, -0.05) is 18.2 Å². The molecule has 0 bridgehead atoms. The van der Waals surface area contributed by atoms with Gasteiger partial charge in [0.2, 0.25) is 17.7 Å². The fraction of sp³-hybridized carbons (Fsp3) is 0.308. The number of hydrogen-bond donors (Lipinski definition) is 3. The minimum Gasteiger partial charge on any atom is -0.326 e. The Kier molecular flexibility index (Phi) is 3.91. The van der Waals surface area contributed by atoms with Gasteiger partial charge in [0.1, 0.15) is 5.92 Å². The van der Waals surface area contributed by atoms with E-state index in [0.717, 1.165) is 5.56 Å². The standard InChI is InChI=1S/C13H15N3O3/c14-7-8-3-1-2-4-10(8)15-12(18)9-5-6-11(17)16-13(9)19/h1-4,9H,5-7,14H2,(H,15,18)(H,16,17,19). The highest BCUT2D eigenvalue weighted by atomic mass is 16.2. The number of anilines is 1. The maximum Gasteiger partial charge on any atom is 0.239 e. The van der Waals surface area contributed by atoms with Crippen LogP contribution >= 0.6 is 0 Å². The summed E-state index contributed by atoms with van der Waals surface area (Å²) in [5, 5.41) is 4.85. The number of para-hydroxylation sites is 1. The van der Waals surface area contributed by atoms with Gasteiger partial charge in [0.15, 0.2) is 0 Å². The first kappa shape index (κ1) is 13.2. The zero-order valence-electron chi connectivity index (χ0n) is 10.3. The van der Waals surface area contributed by atoms with Crippen LogP contribution in [-0.4, -0.2) is 17.7 Å². The molecule has 6 heteroatoms. The van der Waals surface area contributed by atoms with Crippen molar-refractivity contribution in [1.29, 1.82) is 0 Å². The fourth-order valence-electron chi connectivity index (χ4n) is 1.98. The lowest BCUT2D eigenvalue weighted by Gasteiger charge is -2.20. The van der Waals surface area contributed by atoms with E-state index in [1.54, 1.807) is 18.2 Å². The van der Waals surface area contributed by atoms with Crippen molar-refractivity contribution in [2.45, 2.75) is 19.4 Å². The summed E-state index contributed by atoms with van der Waals surface area (Å²) in [7, 11) is 0. The Morgan fingerprint density at radius 1 is 1.37 bits per heavy atom. The first-order valence-corrected chi connectivity index (χ1v) is 6.04. The molecule has 1 atom stereocenters. The van der Waals surface area contributed by atoms with Gasteiger partial charge in [-0.25, -0.2) is 0 Å². The van der Waals surface area contributed by atoms with E-state index in [4.69, 9.17) is 5.73 Å². The molecule has 19 heavy (non-hydrogen) atoms. The van der Waals surface area contributed by atoms with Crippen molar-refractivity contribution < 1.29 is 14.4 Å². The van der Waals surface area contributed by atoms with Crippen LogP contribution in [0.3, 0.4) is 0 Å². The van der Waals surface area contributed by atoms with Gasteiger partial charge in [0.05, 0.1) is 0 Å². The average Bonchev–Trinajstić information content (AvgIpc) is 2.39. The number of nitrogens with one attached hydrogen (secondary N) is 2. The van der Waals surface area contributed by atoms with E-state index in [0.29, 0.717) is 12.2 Å². The summed E-state index contributed by atoms with van der Waals surface area (Å²) in [5.74, 6) is -2.12. The van der Waals surface area contributed by atoms with Gasteiger partial charge < -0.3 is 11.1 Å². The fourth-order valence-corrected chi connectivity index (χ4v) is 1.98. The van der Waals surface area contributed by atoms with Crippen LogP contribution in [0.5, 0.6) is 0 Å². The normalized spacial score (nSPS) is 18.9. The number of piperidine rings is 1.